The van der Waals surface area contributed by atoms with Crippen LogP contribution in [0.5, 0.6) is 0 Å². The lowest BCUT2D eigenvalue weighted by Crippen LogP contribution is -2.06. The molecule has 0 amide bonds. The van der Waals surface area contributed by atoms with Crippen molar-refractivity contribution in [2.24, 2.45) is 7.05 Å². The van der Waals surface area contributed by atoms with Crippen LogP contribution in [-0.4, -0.2) is 40.8 Å². The number of unbranched alkanes of at least 4 members (excludes halogenated alkanes) is 1. The molecule has 0 radical (unpaired) electrons. The number of aromatic nitrogens is 6. The molecule has 0 fully saturated rings. The number of carboxylic acids is 1. The molecule has 0 spiro atoms. The van der Waals surface area contributed by atoms with Crippen molar-refractivity contribution in [2.45, 2.75) is 32.2 Å². The summed E-state index contributed by atoms with van der Waals surface area (Å²) in [6.07, 6.45) is 5.90. The zero-order valence-corrected chi connectivity index (χ0v) is 10.7. The lowest BCUT2D eigenvalue weighted by molar-refractivity contribution is -0.137. The fourth-order valence-corrected chi connectivity index (χ4v) is 1.71. The van der Waals surface area contributed by atoms with Crippen molar-refractivity contribution in [3.8, 4) is 0 Å². The first-order chi connectivity index (χ1) is 9.15. The van der Waals surface area contributed by atoms with E-state index in [-0.39, 0.29) is 6.42 Å². The van der Waals surface area contributed by atoms with Crippen molar-refractivity contribution < 1.29 is 9.90 Å². The maximum atomic E-state index is 10.4. The number of carboxylic acid groups (broad SMARTS) is 1. The van der Waals surface area contributed by atoms with E-state index in [1.165, 1.54) is 0 Å². The highest BCUT2D eigenvalue weighted by atomic mass is 16.4. The summed E-state index contributed by atoms with van der Waals surface area (Å²) in [4.78, 5) is 10.4. The van der Waals surface area contributed by atoms with Gasteiger partial charge in [0.1, 0.15) is 12.9 Å². The van der Waals surface area contributed by atoms with Crippen molar-refractivity contribution in [3.63, 3.8) is 0 Å². The van der Waals surface area contributed by atoms with E-state index in [1.807, 2.05) is 17.8 Å². The van der Waals surface area contributed by atoms with E-state index in [9.17, 15) is 4.79 Å². The van der Waals surface area contributed by atoms with Crippen molar-refractivity contribution >= 4 is 5.97 Å². The summed E-state index contributed by atoms with van der Waals surface area (Å²) in [7, 11) is 1.87. The van der Waals surface area contributed by atoms with Crippen LogP contribution >= 0.6 is 0 Å². The molecule has 8 nitrogen and oxygen atoms in total. The molecule has 102 valence electrons. The summed E-state index contributed by atoms with van der Waals surface area (Å²) in [5, 5.41) is 24.4. The fraction of sp³-hybridized carbons (Fsp3) is 0.545. The molecule has 0 aliphatic heterocycles. The summed E-state index contributed by atoms with van der Waals surface area (Å²) in [6, 6.07) is 0. The number of nitrogens with zero attached hydrogens (tertiary/aromatic N) is 6. The predicted molar refractivity (Wildman–Crippen MR) is 65.3 cm³/mol. The molecule has 0 atom stereocenters. The maximum Gasteiger partial charge on any atom is 0.303 e. The Morgan fingerprint density at radius 1 is 1.37 bits per heavy atom. The first kappa shape index (κ1) is 13.2. The van der Waals surface area contributed by atoms with Crippen LogP contribution in [0.15, 0.2) is 12.5 Å². The van der Waals surface area contributed by atoms with E-state index in [2.05, 4.69) is 20.5 Å². The van der Waals surface area contributed by atoms with Gasteiger partial charge in [-0.1, -0.05) is 5.21 Å². The third-order valence-electron chi connectivity index (χ3n) is 2.77. The van der Waals surface area contributed by atoms with Gasteiger partial charge in [-0.15, -0.1) is 15.3 Å². The lowest BCUT2D eigenvalue weighted by atomic mass is 10.1. The molecule has 0 unspecified atom stereocenters. The van der Waals surface area contributed by atoms with Crippen LogP contribution in [0.1, 0.15) is 30.8 Å². The molecule has 2 heterocycles. The quantitative estimate of drug-likeness (QED) is 0.720. The molecule has 1 N–H and O–H groups in total. The number of aryl methyl sites for hydroxylation is 2. The van der Waals surface area contributed by atoms with Gasteiger partial charge in [-0.3, -0.25) is 4.79 Å². The number of hydrogen-bond acceptors (Lipinski definition) is 5. The highest BCUT2D eigenvalue weighted by Gasteiger charge is 2.05. The van der Waals surface area contributed by atoms with Crippen LogP contribution < -0.4 is 0 Å². The summed E-state index contributed by atoms with van der Waals surface area (Å²) in [5.41, 5.74) is 0.868. The molecule has 8 heteroatoms. The molecule has 0 aromatic carbocycles. The Hall–Kier alpha value is -2.25. The minimum absolute atomic E-state index is 0.201. The normalized spacial score (nSPS) is 10.8. The summed E-state index contributed by atoms with van der Waals surface area (Å²) >= 11 is 0. The number of carbonyl (C=O) groups is 1. The van der Waals surface area contributed by atoms with E-state index >= 15 is 0 Å². The summed E-state index contributed by atoms with van der Waals surface area (Å²) in [6.45, 7) is 0.526. The second-order valence-corrected chi connectivity index (χ2v) is 4.37. The zero-order valence-electron chi connectivity index (χ0n) is 10.7. The molecule has 2 aromatic rings. The van der Waals surface area contributed by atoms with Gasteiger partial charge in [0.05, 0.1) is 5.69 Å². The van der Waals surface area contributed by atoms with Crippen LogP contribution in [0.4, 0.5) is 0 Å². The van der Waals surface area contributed by atoms with Gasteiger partial charge in [0, 0.05) is 19.7 Å². The molecular weight excluding hydrogens is 248 g/mol. The standard InChI is InChI=1S/C11H16N6O2/c1-16-8-12-14-10(16)7-17-6-9(13-15-17)4-2-3-5-11(18)19/h6,8H,2-5,7H2,1H3,(H,18,19). The molecular formula is C11H16N6O2. The molecule has 0 aliphatic rings. The Bertz CT molecular complexity index is 547. The Kier molecular flexibility index (Phi) is 4.22. The van der Waals surface area contributed by atoms with Crippen LogP contribution in [0.3, 0.4) is 0 Å². The molecule has 2 aromatic heterocycles. The SMILES string of the molecule is Cn1cnnc1Cn1cc(CCCCC(=O)O)nn1. The average Bonchev–Trinajstić information content (AvgIpc) is 2.96. The highest BCUT2D eigenvalue weighted by molar-refractivity contribution is 5.66. The van der Waals surface area contributed by atoms with Crippen molar-refractivity contribution in [1.82, 2.24) is 29.8 Å². The van der Waals surface area contributed by atoms with Crippen LogP contribution in [0.25, 0.3) is 0 Å². The molecule has 2 rings (SSSR count). The van der Waals surface area contributed by atoms with Crippen LogP contribution in [-0.2, 0) is 24.8 Å². The smallest absolute Gasteiger partial charge is 0.303 e. The van der Waals surface area contributed by atoms with Crippen molar-refractivity contribution in [2.75, 3.05) is 0 Å². The lowest BCUT2D eigenvalue weighted by Gasteiger charge is -1.98. The number of hydrogen-bond donors (Lipinski definition) is 1. The minimum atomic E-state index is -0.758. The van der Waals surface area contributed by atoms with Gasteiger partial charge in [-0.25, -0.2) is 4.68 Å². The van der Waals surface area contributed by atoms with Gasteiger partial charge in [0.25, 0.3) is 0 Å². The van der Waals surface area contributed by atoms with E-state index in [0.717, 1.165) is 24.4 Å². The average molecular weight is 264 g/mol. The molecule has 0 aliphatic carbocycles. The largest absolute Gasteiger partial charge is 0.481 e. The van der Waals surface area contributed by atoms with Gasteiger partial charge in [0.15, 0.2) is 5.82 Å². The topological polar surface area (TPSA) is 98.7 Å². The van der Waals surface area contributed by atoms with Crippen molar-refractivity contribution in [3.05, 3.63) is 24.0 Å². The maximum absolute atomic E-state index is 10.4. The van der Waals surface area contributed by atoms with Gasteiger partial charge in [-0.05, 0) is 19.3 Å². The van der Waals surface area contributed by atoms with Gasteiger partial charge in [-0.2, -0.15) is 0 Å². The first-order valence-corrected chi connectivity index (χ1v) is 6.09. The Morgan fingerprint density at radius 2 is 2.21 bits per heavy atom. The zero-order chi connectivity index (χ0) is 13.7. The second-order valence-electron chi connectivity index (χ2n) is 4.37. The van der Waals surface area contributed by atoms with Gasteiger partial charge in [0.2, 0.25) is 0 Å². The highest BCUT2D eigenvalue weighted by Crippen LogP contribution is 2.04. The van der Waals surface area contributed by atoms with Crippen molar-refractivity contribution in [1.29, 1.82) is 0 Å². The van der Waals surface area contributed by atoms with E-state index in [4.69, 9.17) is 5.11 Å². The van der Waals surface area contributed by atoms with Gasteiger partial charge < -0.3 is 9.67 Å². The summed E-state index contributed by atoms with van der Waals surface area (Å²) < 4.78 is 3.53. The first-order valence-electron chi connectivity index (χ1n) is 6.09. The minimum Gasteiger partial charge on any atom is -0.481 e. The molecule has 0 saturated heterocycles. The summed E-state index contributed by atoms with van der Waals surface area (Å²) in [5.74, 6) is 0.0493. The molecule has 0 saturated carbocycles. The predicted octanol–water partition coefficient (Wildman–Crippen LogP) is 0.252. The Morgan fingerprint density at radius 3 is 2.89 bits per heavy atom. The number of aliphatic carboxylic acids is 1. The monoisotopic (exact) mass is 264 g/mol. The Labute approximate surface area is 110 Å². The van der Waals surface area contributed by atoms with E-state index in [1.54, 1.807) is 11.0 Å². The molecule has 19 heavy (non-hydrogen) atoms. The van der Waals surface area contributed by atoms with E-state index < -0.39 is 5.97 Å². The molecule has 0 bridgehead atoms. The second kappa shape index (κ2) is 6.07. The van der Waals surface area contributed by atoms with Gasteiger partial charge >= 0.3 is 5.97 Å². The third kappa shape index (κ3) is 3.87. The van der Waals surface area contributed by atoms with Crippen LogP contribution in [0.2, 0.25) is 0 Å². The van der Waals surface area contributed by atoms with Crippen LogP contribution in [0, 0.1) is 0 Å². The fourth-order valence-electron chi connectivity index (χ4n) is 1.71. The number of rotatable bonds is 7. The Balaban J connectivity index is 1.82. The van der Waals surface area contributed by atoms with E-state index in [0.29, 0.717) is 13.0 Å². The third-order valence-corrected chi connectivity index (χ3v) is 2.77.